The summed E-state index contributed by atoms with van der Waals surface area (Å²) < 4.78 is 10.1. The van der Waals surface area contributed by atoms with Crippen molar-refractivity contribution in [1.82, 2.24) is 0 Å². The van der Waals surface area contributed by atoms with E-state index in [4.69, 9.17) is 9.47 Å². The summed E-state index contributed by atoms with van der Waals surface area (Å²) in [5.41, 5.74) is 1.39. The molecule has 0 bridgehead atoms. The van der Waals surface area contributed by atoms with Crippen LogP contribution in [0, 0.1) is 41.4 Å². The maximum absolute atomic E-state index is 12.2. The van der Waals surface area contributed by atoms with Gasteiger partial charge in [-0.1, -0.05) is 44.6 Å². The van der Waals surface area contributed by atoms with E-state index in [0.717, 1.165) is 25.7 Å². The molecule has 0 aromatic heterocycles. The second-order valence-corrected chi connectivity index (χ2v) is 10.6. The number of fused-ring (bicyclic) bond motifs is 1. The first-order valence-electron chi connectivity index (χ1n) is 13.0. The SMILES string of the molecule is CC#CCC(C)C(O)C=CC1C(O)CC2CC(=CCCCC(=O)OC(CC(C)C)C(=O)OC)CC21. The van der Waals surface area contributed by atoms with Gasteiger partial charge in [-0.05, 0) is 69.1 Å². The number of carbonyl (C=O) groups excluding carboxylic acids is 2. The lowest BCUT2D eigenvalue weighted by Crippen LogP contribution is -2.29. The van der Waals surface area contributed by atoms with Crippen LogP contribution in [0.3, 0.4) is 0 Å². The van der Waals surface area contributed by atoms with E-state index in [1.807, 2.05) is 32.9 Å². The third kappa shape index (κ3) is 9.13. The molecule has 6 nitrogen and oxygen atoms in total. The Kier molecular flexibility index (Phi) is 12.0. The first-order chi connectivity index (χ1) is 16.7. The van der Waals surface area contributed by atoms with Crippen LogP contribution in [0.5, 0.6) is 0 Å². The van der Waals surface area contributed by atoms with E-state index in [1.165, 1.54) is 12.7 Å². The highest BCUT2D eigenvalue weighted by molar-refractivity contribution is 5.79. The number of aliphatic hydroxyl groups is 2. The Balaban J connectivity index is 1.81. The van der Waals surface area contributed by atoms with Crippen molar-refractivity contribution in [3.63, 3.8) is 0 Å². The van der Waals surface area contributed by atoms with Gasteiger partial charge in [0.15, 0.2) is 6.10 Å². The Labute approximate surface area is 211 Å². The van der Waals surface area contributed by atoms with Crippen LogP contribution in [-0.4, -0.2) is 47.6 Å². The third-order valence-electron chi connectivity index (χ3n) is 7.27. The van der Waals surface area contributed by atoms with Crippen LogP contribution in [0.2, 0.25) is 0 Å². The Bertz CT molecular complexity index is 817. The van der Waals surface area contributed by atoms with E-state index in [1.54, 1.807) is 6.92 Å². The second-order valence-electron chi connectivity index (χ2n) is 10.6. The van der Waals surface area contributed by atoms with Crippen molar-refractivity contribution in [2.45, 2.75) is 97.4 Å². The Morgan fingerprint density at radius 3 is 2.63 bits per heavy atom. The standard InChI is InChI=1S/C29H44O6/c1-6-7-10-20(4)25(30)14-13-23-24-17-21(16-22(24)18-26(23)31)11-8-9-12-28(32)35-27(15-19(2)3)29(33)34-5/h11,13-14,19-20,22-27,30-31H,8-10,12,15-18H2,1-5H3. The van der Waals surface area contributed by atoms with E-state index in [9.17, 15) is 19.8 Å². The van der Waals surface area contributed by atoms with Crippen molar-refractivity contribution in [2.24, 2.45) is 29.6 Å². The molecule has 0 saturated heterocycles. The van der Waals surface area contributed by atoms with Gasteiger partial charge < -0.3 is 19.7 Å². The lowest BCUT2D eigenvalue weighted by Gasteiger charge is -2.19. The molecule has 7 unspecified atom stereocenters. The molecule has 6 heteroatoms. The first-order valence-corrected chi connectivity index (χ1v) is 13.0. The van der Waals surface area contributed by atoms with Crippen LogP contribution in [0.15, 0.2) is 23.8 Å². The van der Waals surface area contributed by atoms with Crippen molar-refractivity contribution < 1.29 is 29.3 Å². The van der Waals surface area contributed by atoms with Crippen molar-refractivity contribution >= 4 is 11.9 Å². The van der Waals surface area contributed by atoms with E-state index in [0.29, 0.717) is 31.1 Å². The fourth-order valence-electron chi connectivity index (χ4n) is 5.28. The zero-order chi connectivity index (χ0) is 26.0. The summed E-state index contributed by atoms with van der Waals surface area (Å²) in [6.07, 6.45) is 9.90. The van der Waals surface area contributed by atoms with E-state index in [-0.39, 0.29) is 36.2 Å². The molecule has 0 aromatic rings. The van der Waals surface area contributed by atoms with E-state index in [2.05, 4.69) is 17.9 Å². The summed E-state index contributed by atoms with van der Waals surface area (Å²) in [5, 5.41) is 21.0. The number of rotatable bonds is 12. The second kappa shape index (κ2) is 14.5. The van der Waals surface area contributed by atoms with Crippen LogP contribution in [0.4, 0.5) is 0 Å². The fourth-order valence-corrected chi connectivity index (χ4v) is 5.28. The Morgan fingerprint density at radius 2 is 1.97 bits per heavy atom. The quantitative estimate of drug-likeness (QED) is 0.181. The Hall–Kier alpha value is -2.10. The van der Waals surface area contributed by atoms with Gasteiger partial charge in [-0.25, -0.2) is 4.79 Å². The zero-order valence-corrected chi connectivity index (χ0v) is 22.0. The average Bonchev–Trinajstić information content (AvgIpc) is 3.33. The molecule has 2 fully saturated rings. The number of allylic oxidation sites excluding steroid dienone is 2. The van der Waals surface area contributed by atoms with E-state index < -0.39 is 18.2 Å². The third-order valence-corrected chi connectivity index (χ3v) is 7.27. The molecule has 0 aromatic carbocycles. The van der Waals surface area contributed by atoms with E-state index >= 15 is 0 Å². The van der Waals surface area contributed by atoms with Gasteiger partial charge in [0.05, 0.1) is 19.3 Å². The minimum atomic E-state index is -0.836. The summed E-state index contributed by atoms with van der Waals surface area (Å²) in [6, 6.07) is 0. The van der Waals surface area contributed by atoms with Crippen LogP contribution in [0.25, 0.3) is 0 Å². The van der Waals surface area contributed by atoms with Gasteiger partial charge in [0, 0.05) is 18.8 Å². The summed E-state index contributed by atoms with van der Waals surface area (Å²) in [7, 11) is 1.30. The molecule has 196 valence electrons. The molecule has 2 aliphatic rings. The van der Waals surface area contributed by atoms with Crippen molar-refractivity contribution in [3.05, 3.63) is 23.8 Å². The predicted octanol–water partition coefficient (Wildman–Crippen LogP) is 4.59. The van der Waals surface area contributed by atoms with Gasteiger partial charge in [-0.3, -0.25) is 4.79 Å². The summed E-state index contributed by atoms with van der Waals surface area (Å²) in [5.74, 6) is 6.22. The smallest absolute Gasteiger partial charge is 0.347 e. The number of methoxy groups -OCH3 is 1. The summed E-state index contributed by atoms with van der Waals surface area (Å²) >= 11 is 0. The molecule has 7 atom stereocenters. The number of ether oxygens (including phenoxy) is 2. The molecule has 35 heavy (non-hydrogen) atoms. The molecule has 0 amide bonds. The maximum atomic E-state index is 12.2. The molecular formula is C29H44O6. The fraction of sp³-hybridized carbons (Fsp3) is 0.724. The minimum Gasteiger partial charge on any atom is -0.466 e. The molecular weight excluding hydrogens is 444 g/mol. The molecule has 2 aliphatic carbocycles. The highest BCUT2D eigenvalue weighted by Gasteiger charge is 2.45. The zero-order valence-electron chi connectivity index (χ0n) is 22.0. The van der Waals surface area contributed by atoms with Gasteiger partial charge in [0.2, 0.25) is 0 Å². The number of unbranched alkanes of at least 4 members (excludes halogenated alkanes) is 1. The van der Waals surface area contributed by atoms with Crippen molar-refractivity contribution in [2.75, 3.05) is 7.11 Å². The molecule has 0 radical (unpaired) electrons. The normalized spacial score (nSPS) is 27.4. The molecule has 0 heterocycles. The largest absolute Gasteiger partial charge is 0.466 e. The molecule has 2 N–H and O–H groups in total. The highest BCUT2D eigenvalue weighted by atomic mass is 16.6. The lowest BCUT2D eigenvalue weighted by molar-refractivity contribution is -0.167. The van der Waals surface area contributed by atoms with Crippen molar-refractivity contribution in [1.29, 1.82) is 0 Å². The number of hydrogen-bond acceptors (Lipinski definition) is 6. The van der Waals surface area contributed by atoms with Crippen LogP contribution >= 0.6 is 0 Å². The van der Waals surface area contributed by atoms with Crippen molar-refractivity contribution in [3.8, 4) is 11.8 Å². The summed E-state index contributed by atoms with van der Waals surface area (Å²) in [6.45, 7) is 7.73. The van der Waals surface area contributed by atoms with Crippen LogP contribution in [-0.2, 0) is 19.1 Å². The molecule has 2 rings (SSSR count). The number of carbonyl (C=O) groups is 2. The molecule has 0 aliphatic heterocycles. The van der Waals surface area contributed by atoms with Crippen LogP contribution < -0.4 is 0 Å². The van der Waals surface area contributed by atoms with Gasteiger partial charge in [0.1, 0.15) is 0 Å². The van der Waals surface area contributed by atoms with Crippen LogP contribution in [0.1, 0.15) is 79.1 Å². The monoisotopic (exact) mass is 488 g/mol. The average molecular weight is 489 g/mol. The number of aliphatic hydroxyl groups excluding tert-OH is 2. The summed E-state index contributed by atoms with van der Waals surface area (Å²) in [4.78, 5) is 24.0. The number of hydrogen-bond donors (Lipinski definition) is 2. The predicted molar refractivity (Wildman–Crippen MR) is 136 cm³/mol. The molecule has 2 saturated carbocycles. The molecule has 0 spiro atoms. The maximum Gasteiger partial charge on any atom is 0.347 e. The minimum absolute atomic E-state index is 0.0621. The number of esters is 2. The van der Waals surface area contributed by atoms with Gasteiger partial charge in [0.25, 0.3) is 0 Å². The first kappa shape index (κ1) is 29.1. The Morgan fingerprint density at radius 1 is 1.23 bits per heavy atom. The lowest BCUT2D eigenvalue weighted by atomic mass is 9.89. The van der Waals surface area contributed by atoms with Gasteiger partial charge >= 0.3 is 11.9 Å². The van der Waals surface area contributed by atoms with Gasteiger partial charge in [-0.2, -0.15) is 0 Å². The van der Waals surface area contributed by atoms with Gasteiger partial charge in [-0.15, -0.1) is 11.8 Å². The topological polar surface area (TPSA) is 93.1 Å². The highest BCUT2D eigenvalue weighted by Crippen LogP contribution is 2.50.